The summed E-state index contributed by atoms with van der Waals surface area (Å²) >= 11 is 0.800. The van der Waals surface area contributed by atoms with E-state index in [9.17, 15) is 4.79 Å². The minimum absolute atomic E-state index is 0.0880. The third-order valence-electron chi connectivity index (χ3n) is 1.56. The van der Waals surface area contributed by atoms with Crippen molar-refractivity contribution in [2.45, 2.75) is 12.8 Å². The van der Waals surface area contributed by atoms with E-state index in [0.29, 0.717) is 0 Å². The summed E-state index contributed by atoms with van der Waals surface area (Å²) in [6.45, 7) is 1.64. The molecule has 0 aliphatic carbocycles. The van der Waals surface area contributed by atoms with Gasteiger partial charge in [-0.15, -0.1) is 0 Å². The fourth-order valence-electron chi connectivity index (χ4n) is 1.06. The largest absolute Gasteiger partial charge is 0.378 e. The van der Waals surface area contributed by atoms with Crippen LogP contribution in [0.2, 0.25) is 0 Å². The van der Waals surface area contributed by atoms with Crippen LogP contribution in [0.3, 0.4) is 0 Å². The van der Waals surface area contributed by atoms with Crippen molar-refractivity contribution in [3.05, 3.63) is 0 Å². The van der Waals surface area contributed by atoms with Crippen LogP contribution < -0.4 is 5.73 Å². The first-order valence-corrected chi connectivity index (χ1v) is 4.32. The normalized spacial score (nSPS) is 16.9. The number of rotatable bonds is 0. The Morgan fingerprint density at radius 1 is 1.45 bits per heavy atom. The van der Waals surface area contributed by atoms with Crippen molar-refractivity contribution in [1.29, 1.82) is 5.41 Å². The van der Waals surface area contributed by atoms with Gasteiger partial charge in [-0.1, -0.05) is 0 Å². The molecule has 0 aromatic heterocycles. The Bertz CT molecular complexity index is 177. The van der Waals surface area contributed by atoms with Gasteiger partial charge in [0.25, 0.3) is 5.24 Å². The van der Waals surface area contributed by atoms with E-state index in [1.54, 1.807) is 4.90 Å². The zero-order valence-corrected chi connectivity index (χ0v) is 6.99. The van der Waals surface area contributed by atoms with Gasteiger partial charge in [0.2, 0.25) is 0 Å². The molecule has 0 spiro atoms. The van der Waals surface area contributed by atoms with Crippen LogP contribution in [-0.2, 0) is 0 Å². The lowest BCUT2D eigenvalue weighted by atomic mass is 10.4. The summed E-state index contributed by atoms with van der Waals surface area (Å²) < 4.78 is 0. The molecule has 0 unspecified atom stereocenters. The van der Waals surface area contributed by atoms with Gasteiger partial charge in [0.05, 0.1) is 0 Å². The van der Waals surface area contributed by atoms with Crippen molar-refractivity contribution in [2.75, 3.05) is 13.1 Å². The van der Waals surface area contributed by atoms with Gasteiger partial charge in [0.15, 0.2) is 5.17 Å². The molecule has 1 amide bonds. The van der Waals surface area contributed by atoms with Crippen LogP contribution in [0.15, 0.2) is 0 Å². The third-order valence-corrected chi connectivity index (χ3v) is 2.21. The van der Waals surface area contributed by atoms with E-state index >= 15 is 0 Å². The van der Waals surface area contributed by atoms with Gasteiger partial charge in [0.1, 0.15) is 0 Å². The van der Waals surface area contributed by atoms with Crippen molar-refractivity contribution in [1.82, 2.24) is 4.90 Å². The van der Waals surface area contributed by atoms with E-state index in [1.165, 1.54) is 0 Å². The molecule has 1 aliphatic heterocycles. The molecule has 4 nitrogen and oxygen atoms in total. The van der Waals surface area contributed by atoms with Gasteiger partial charge >= 0.3 is 0 Å². The van der Waals surface area contributed by atoms with Crippen LogP contribution >= 0.6 is 11.8 Å². The first-order valence-electron chi connectivity index (χ1n) is 3.51. The van der Waals surface area contributed by atoms with Crippen LogP contribution in [-0.4, -0.2) is 28.4 Å². The first-order chi connectivity index (χ1) is 5.20. The molecule has 62 valence electrons. The molecule has 0 aromatic carbocycles. The van der Waals surface area contributed by atoms with Crippen LogP contribution in [0.1, 0.15) is 12.8 Å². The lowest BCUT2D eigenvalue weighted by Crippen LogP contribution is -2.25. The first kappa shape index (κ1) is 8.39. The average molecular weight is 173 g/mol. The molecule has 1 aliphatic rings. The number of nitrogens with one attached hydrogen (secondary N) is 1. The van der Waals surface area contributed by atoms with Crippen molar-refractivity contribution in [3.63, 3.8) is 0 Å². The molecule has 1 saturated heterocycles. The van der Waals surface area contributed by atoms with Crippen LogP contribution in [0.5, 0.6) is 0 Å². The molecule has 1 rings (SSSR count). The van der Waals surface area contributed by atoms with Crippen molar-refractivity contribution in [2.24, 2.45) is 5.73 Å². The Labute approximate surface area is 69.6 Å². The van der Waals surface area contributed by atoms with Crippen molar-refractivity contribution >= 4 is 22.2 Å². The number of amides is 1. The molecule has 5 heteroatoms. The number of carbonyl (C=O) groups excluding carboxylic acids is 1. The smallest absolute Gasteiger partial charge is 0.289 e. The van der Waals surface area contributed by atoms with E-state index in [0.717, 1.165) is 37.7 Å². The maximum Gasteiger partial charge on any atom is 0.289 e. The molecule has 11 heavy (non-hydrogen) atoms. The Hall–Kier alpha value is -0.710. The fourth-order valence-corrected chi connectivity index (χ4v) is 1.56. The number of hydrogen-bond acceptors (Lipinski definition) is 3. The quantitative estimate of drug-likeness (QED) is 0.421. The second-order valence-corrected chi connectivity index (χ2v) is 3.42. The Morgan fingerprint density at radius 3 is 2.45 bits per heavy atom. The molecule has 0 bridgehead atoms. The van der Waals surface area contributed by atoms with Crippen LogP contribution in [0, 0.1) is 5.41 Å². The summed E-state index contributed by atoms with van der Waals surface area (Å²) in [5, 5.41) is 6.67. The predicted octanol–water partition coefficient (Wildman–Crippen LogP) is 0.829. The topological polar surface area (TPSA) is 70.2 Å². The molecule has 1 fully saturated rings. The van der Waals surface area contributed by atoms with Gasteiger partial charge in [-0.05, 0) is 12.8 Å². The minimum atomic E-state index is -0.123. The van der Waals surface area contributed by atoms with Crippen molar-refractivity contribution in [3.8, 4) is 0 Å². The fraction of sp³-hybridized carbons (Fsp3) is 0.667. The van der Waals surface area contributed by atoms with Crippen LogP contribution in [0.25, 0.3) is 0 Å². The number of nitrogens with two attached hydrogens (primary N) is 1. The maximum atomic E-state index is 11.1. The third kappa shape index (κ3) is 2.42. The number of carbonyl (C=O) groups is 1. The summed E-state index contributed by atoms with van der Waals surface area (Å²) in [6, 6.07) is 0. The van der Waals surface area contributed by atoms with Gasteiger partial charge in [-0.25, -0.2) is 0 Å². The maximum absolute atomic E-state index is 11.1. The van der Waals surface area contributed by atoms with E-state index in [-0.39, 0.29) is 10.4 Å². The zero-order chi connectivity index (χ0) is 8.27. The standard InChI is InChI=1S/C6H11N3OS/c7-5(8)11-6(10)9-3-1-2-4-9/h1-4H2,(H3,7,8). The predicted molar refractivity (Wildman–Crippen MR) is 45.7 cm³/mol. The monoisotopic (exact) mass is 173 g/mol. The average Bonchev–Trinajstić information content (AvgIpc) is 2.35. The molecular weight excluding hydrogens is 162 g/mol. The van der Waals surface area contributed by atoms with E-state index in [2.05, 4.69) is 0 Å². The summed E-state index contributed by atoms with van der Waals surface area (Å²) in [4.78, 5) is 12.9. The molecule has 0 saturated carbocycles. The summed E-state index contributed by atoms with van der Waals surface area (Å²) in [5.74, 6) is 0. The summed E-state index contributed by atoms with van der Waals surface area (Å²) in [5.41, 5.74) is 5.06. The Morgan fingerprint density at radius 2 is 2.00 bits per heavy atom. The zero-order valence-electron chi connectivity index (χ0n) is 6.17. The number of likely N-dealkylation sites (tertiary alicyclic amines) is 1. The number of thioether (sulfide) groups is 1. The highest BCUT2D eigenvalue weighted by atomic mass is 32.2. The summed E-state index contributed by atoms with van der Waals surface area (Å²) in [6.07, 6.45) is 2.15. The molecule has 0 radical (unpaired) electrons. The van der Waals surface area contributed by atoms with Gasteiger partial charge in [0, 0.05) is 24.9 Å². The highest BCUT2D eigenvalue weighted by Gasteiger charge is 2.18. The lowest BCUT2D eigenvalue weighted by Gasteiger charge is -2.12. The van der Waals surface area contributed by atoms with E-state index in [1.807, 2.05) is 0 Å². The van der Waals surface area contributed by atoms with E-state index < -0.39 is 0 Å². The van der Waals surface area contributed by atoms with E-state index in [4.69, 9.17) is 11.1 Å². The number of amidine groups is 1. The Kier molecular flexibility index (Phi) is 2.76. The van der Waals surface area contributed by atoms with Gasteiger partial charge < -0.3 is 10.6 Å². The lowest BCUT2D eigenvalue weighted by molar-refractivity contribution is 0.234. The molecule has 3 N–H and O–H groups in total. The van der Waals surface area contributed by atoms with Gasteiger partial charge in [-0.2, -0.15) is 0 Å². The number of nitrogens with zero attached hydrogens (tertiary/aromatic N) is 1. The second kappa shape index (κ2) is 3.61. The van der Waals surface area contributed by atoms with Crippen molar-refractivity contribution < 1.29 is 4.79 Å². The highest BCUT2D eigenvalue weighted by Crippen LogP contribution is 2.14. The Balaban J connectivity index is 2.34. The second-order valence-electron chi connectivity index (χ2n) is 2.43. The molecule has 0 aromatic rings. The SMILES string of the molecule is N=C(N)SC(=O)N1CCCC1. The summed E-state index contributed by atoms with van der Waals surface area (Å²) in [7, 11) is 0. The molecular formula is C6H11N3OS. The van der Waals surface area contributed by atoms with Crippen LogP contribution in [0.4, 0.5) is 4.79 Å². The number of hydrogen-bond donors (Lipinski definition) is 2. The highest BCUT2D eigenvalue weighted by molar-refractivity contribution is 8.26. The molecule has 1 heterocycles. The minimum Gasteiger partial charge on any atom is -0.378 e. The van der Waals surface area contributed by atoms with Gasteiger partial charge in [-0.3, -0.25) is 10.2 Å². The molecule has 0 atom stereocenters.